The minimum Gasteiger partial charge on any atom is -0.348 e. The molecule has 14 rings (SSSR count). The Morgan fingerprint density at radius 3 is 1.36 bits per heavy atom. The van der Waals surface area contributed by atoms with Crippen LogP contribution in [0.3, 0.4) is 0 Å². The number of aromatic amines is 3. The number of likely N-dealkylation sites (tertiary alicyclic amines) is 1. The number of piperidine rings is 1. The van der Waals surface area contributed by atoms with Crippen LogP contribution in [-0.4, -0.2) is 126 Å². The zero-order valence-electron chi connectivity index (χ0n) is 56.4. The van der Waals surface area contributed by atoms with E-state index in [1.807, 2.05) is 19.2 Å². The predicted molar refractivity (Wildman–Crippen MR) is 383 cm³/mol. The van der Waals surface area contributed by atoms with Gasteiger partial charge in [0.1, 0.15) is 0 Å². The van der Waals surface area contributed by atoms with Crippen LogP contribution < -0.4 is 37.2 Å². The molecule has 0 radical (unpaired) electrons. The second-order valence-corrected chi connectivity index (χ2v) is 25.3. The Morgan fingerprint density at radius 2 is 0.896 bits per heavy atom. The fraction of sp³-hybridized carbons (Fsp3) is 0.203. The van der Waals surface area contributed by atoms with E-state index in [0.717, 1.165) is 119 Å². The first-order valence-electron chi connectivity index (χ1n) is 32.9. The molecule has 6 aromatic heterocycles. The fourth-order valence-corrected chi connectivity index (χ4v) is 11.8. The molecule has 0 atom stereocenters. The van der Waals surface area contributed by atoms with Crippen molar-refractivity contribution in [1.82, 2.24) is 60.7 Å². The van der Waals surface area contributed by atoms with Gasteiger partial charge in [-0.3, -0.25) is 29.9 Å². The van der Waals surface area contributed by atoms with E-state index in [2.05, 4.69) is 87.7 Å². The number of pyridine rings is 3. The number of carbonyl (C=O) groups is 5. The number of halogens is 9. The van der Waals surface area contributed by atoms with Crippen LogP contribution in [-0.2, 0) is 24.9 Å². The lowest BCUT2D eigenvalue weighted by Crippen LogP contribution is -2.31. The first kappa shape index (κ1) is 73.0. The number of rotatable bonds is 14. The van der Waals surface area contributed by atoms with Crippen molar-refractivity contribution in [3.05, 3.63) is 217 Å². The van der Waals surface area contributed by atoms with Gasteiger partial charge >= 0.3 is 36.6 Å². The second-order valence-electron chi connectivity index (χ2n) is 25.3. The topological polar surface area (TPSA) is 301 Å². The average molecular weight is 1460 g/mol. The molecule has 106 heavy (non-hydrogen) atoms. The van der Waals surface area contributed by atoms with Crippen molar-refractivity contribution in [1.29, 1.82) is 0 Å². The number of anilines is 6. The number of urea groups is 3. The van der Waals surface area contributed by atoms with Crippen molar-refractivity contribution in [2.24, 2.45) is 5.92 Å². The molecule has 23 nitrogen and oxygen atoms in total. The zero-order valence-corrected chi connectivity index (χ0v) is 56.4. The minimum atomic E-state index is -4.50. The SMILES string of the molecule is CN(C)C(=O)c1ncc(-c2ccc(NC(=O)Nc3cccc(C(F)(F)F)c3)cc2)c2cn[nH]c12.CN1CCC(Cc2ccc(NC(=O)Nc3ccc(-c4cncc5[nH]ncc45)cc3)cc2C(F)(F)F)CC1.O=C(Nc1ccc(-c2cnc(C(=O)NC3CC3)c3[nH]ncc23)cc1)Nc1cccc(C(F)(F)F)c1. The highest BCUT2D eigenvalue weighted by molar-refractivity contribution is 6.09. The van der Waals surface area contributed by atoms with Crippen LogP contribution in [0.25, 0.3) is 66.1 Å². The molecule has 0 bridgehead atoms. The van der Waals surface area contributed by atoms with Crippen LogP contribution in [0.2, 0.25) is 0 Å². The van der Waals surface area contributed by atoms with Gasteiger partial charge in [-0.05, 0) is 165 Å². The normalized spacial score (nSPS) is 13.4. The van der Waals surface area contributed by atoms with Crippen LogP contribution in [0.15, 0.2) is 183 Å². The number of hydrogen-bond acceptors (Lipinski definition) is 12. The van der Waals surface area contributed by atoms with Crippen molar-refractivity contribution < 1.29 is 63.5 Å². The minimum absolute atomic E-state index is 0.0183. The monoisotopic (exact) mass is 1460 g/mol. The van der Waals surface area contributed by atoms with E-state index < -0.39 is 53.3 Å². The van der Waals surface area contributed by atoms with Crippen molar-refractivity contribution in [3.8, 4) is 33.4 Å². The molecule has 7 heterocycles. The molecular weight excluding hydrogens is 1390 g/mol. The van der Waals surface area contributed by atoms with E-state index in [0.29, 0.717) is 39.9 Å². The van der Waals surface area contributed by atoms with Crippen LogP contribution in [0.1, 0.15) is 68.9 Å². The Morgan fingerprint density at radius 1 is 0.472 bits per heavy atom. The number of carbonyl (C=O) groups excluding carboxylic acids is 5. The number of H-pyrrole nitrogens is 3. The van der Waals surface area contributed by atoms with Crippen LogP contribution in [0.4, 0.5) is 88.0 Å². The van der Waals surface area contributed by atoms with Gasteiger partial charge in [-0.1, -0.05) is 54.6 Å². The molecule has 1 saturated carbocycles. The number of nitrogens with zero attached hydrogens (tertiary/aromatic N) is 8. The van der Waals surface area contributed by atoms with Gasteiger partial charge in [0.15, 0.2) is 11.4 Å². The van der Waals surface area contributed by atoms with E-state index in [1.54, 1.807) is 118 Å². The van der Waals surface area contributed by atoms with E-state index in [4.69, 9.17) is 0 Å². The number of aromatic nitrogens is 9. The number of nitrogens with one attached hydrogen (secondary N) is 10. The first-order chi connectivity index (χ1) is 50.7. The fourth-order valence-electron chi connectivity index (χ4n) is 11.8. The summed E-state index contributed by atoms with van der Waals surface area (Å²) < 4.78 is 119. The highest BCUT2D eigenvalue weighted by atomic mass is 19.4. The Labute approximate surface area is 597 Å². The second kappa shape index (κ2) is 31.1. The van der Waals surface area contributed by atoms with Gasteiger partial charge in [-0.2, -0.15) is 54.8 Å². The third-order valence-electron chi connectivity index (χ3n) is 17.4. The van der Waals surface area contributed by atoms with Crippen LogP contribution >= 0.6 is 0 Å². The molecule has 1 aliphatic carbocycles. The highest BCUT2D eigenvalue weighted by Gasteiger charge is 2.36. The summed E-state index contributed by atoms with van der Waals surface area (Å²) in [7, 11) is 5.29. The van der Waals surface area contributed by atoms with Gasteiger partial charge in [0.25, 0.3) is 11.8 Å². The lowest BCUT2D eigenvalue weighted by Gasteiger charge is -2.29. The quantitative estimate of drug-likeness (QED) is 0.0455. The first-order valence-corrected chi connectivity index (χ1v) is 32.9. The molecule has 0 unspecified atom stereocenters. The van der Waals surface area contributed by atoms with Crippen molar-refractivity contribution in [2.45, 2.75) is 56.7 Å². The summed E-state index contributed by atoms with van der Waals surface area (Å²) in [4.78, 5) is 78.3. The van der Waals surface area contributed by atoms with Crippen molar-refractivity contribution >= 4 is 96.7 Å². The molecule has 544 valence electrons. The van der Waals surface area contributed by atoms with E-state index in [9.17, 15) is 63.5 Å². The molecule has 2 fully saturated rings. The summed E-state index contributed by atoms with van der Waals surface area (Å²) in [5.41, 5.74) is 6.57. The standard InChI is InChI=1S/C27H27F3N6O.C24H19F3N6O2.C23H19F3N6O2/c1-36-10-8-17(9-11-36)12-19-4-7-21(13-24(19)27(28,29)30)34-26(37)33-20-5-2-18(3-6-20)22-14-31-16-25-23(22)15-32-35-25;25-24(26,27)14-2-1-3-17(10-14)32-23(35)31-16-6-4-13(5-7-16)18-11-28-21(20-19(18)12-29-33-20)22(34)30-15-8-9-15;1-32(2)21(33)20-19-18(12-28-31-19)17(11-27-20)13-6-8-15(9-7-13)29-22(34)30-16-5-3-4-14(10-16)23(24,25)26/h2-7,13-17H,8-12H2,1H3,(H,32,35)(H2,33,34,37);1-7,10-12,15H,8-9H2,(H,29,33)(H,30,34)(H2,31,32,35);3-12H,1-2H3,(H,28,31)(H2,29,30,34). The van der Waals surface area contributed by atoms with Crippen molar-refractivity contribution in [3.63, 3.8) is 0 Å². The number of benzene rings is 6. The Hall–Kier alpha value is -12.7. The van der Waals surface area contributed by atoms with E-state index >= 15 is 0 Å². The maximum absolute atomic E-state index is 13.8. The molecule has 1 aliphatic heterocycles. The summed E-state index contributed by atoms with van der Waals surface area (Å²) in [6.07, 6.45) is 2.12. The Balaban J connectivity index is 0.000000149. The number of hydrogen-bond donors (Lipinski definition) is 10. The van der Waals surface area contributed by atoms with E-state index in [-0.39, 0.29) is 57.8 Å². The molecule has 1 saturated heterocycles. The van der Waals surface area contributed by atoms with Gasteiger partial charge in [0, 0.05) is 106 Å². The summed E-state index contributed by atoms with van der Waals surface area (Å²) in [5, 5.41) is 41.1. The van der Waals surface area contributed by atoms with Gasteiger partial charge in [-0.25, -0.2) is 24.4 Å². The maximum Gasteiger partial charge on any atom is 0.416 e. The van der Waals surface area contributed by atoms with Crippen molar-refractivity contribution in [2.75, 3.05) is 66.1 Å². The van der Waals surface area contributed by atoms with E-state index in [1.165, 1.54) is 41.3 Å². The highest BCUT2D eigenvalue weighted by Crippen LogP contribution is 2.39. The van der Waals surface area contributed by atoms with Crippen LogP contribution in [0.5, 0.6) is 0 Å². The van der Waals surface area contributed by atoms with Gasteiger partial charge < -0.3 is 47.0 Å². The zero-order chi connectivity index (χ0) is 75.0. The summed E-state index contributed by atoms with van der Waals surface area (Å²) in [6.45, 7) is 1.78. The lowest BCUT2D eigenvalue weighted by molar-refractivity contribution is -0.138. The number of fused-ring (bicyclic) bond motifs is 3. The van der Waals surface area contributed by atoms with Gasteiger partial charge in [0.05, 0.1) is 58.0 Å². The number of amides is 8. The Kier molecular flexibility index (Phi) is 21.4. The van der Waals surface area contributed by atoms with Gasteiger partial charge in [0.2, 0.25) is 0 Å². The third kappa shape index (κ3) is 18.0. The van der Waals surface area contributed by atoms with Crippen LogP contribution in [0, 0.1) is 5.92 Å². The predicted octanol–water partition coefficient (Wildman–Crippen LogP) is 16.3. The molecule has 6 aromatic carbocycles. The largest absolute Gasteiger partial charge is 0.416 e. The van der Waals surface area contributed by atoms with Gasteiger partial charge in [-0.15, -0.1) is 0 Å². The Bertz CT molecular complexity index is 5190. The molecule has 8 amide bonds. The lowest BCUT2D eigenvalue weighted by atomic mass is 9.88. The summed E-state index contributed by atoms with van der Waals surface area (Å²) in [6, 6.07) is 31.7. The molecule has 2 aliphatic rings. The number of alkyl halides is 9. The maximum atomic E-state index is 13.8. The molecule has 10 N–H and O–H groups in total. The smallest absolute Gasteiger partial charge is 0.348 e. The molecule has 0 spiro atoms. The third-order valence-corrected chi connectivity index (χ3v) is 17.4. The molecular formula is C74H65F9N18O5. The average Bonchev–Trinajstić information content (AvgIpc) is 1.58. The summed E-state index contributed by atoms with van der Waals surface area (Å²) >= 11 is 0. The molecule has 32 heteroatoms. The summed E-state index contributed by atoms with van der Waals surface area (Å²) in [5.74, 6) is -0.287. The molecule has 12 aromatic rings.